The van der Waals surface area contributed by atoms with Crippen LogP contribution in [-0.2, 0) is 0 Å². The highest BCUT2D eigenvalue weighted by Crippen LogP contribution is 2.15. The van der Waals surface area contributed by atoms with Gasteiger partial charge in [-0.05, 0) is 45.4 Å². The van der Waals surface area contributed by atoms with E-state index in [1.807, 2.05) is 0 Å². The summed E-state index contributed by atoms with van der Waals surface area (Å²) in [5.41, 5.74) is 0. The van der Waals surface area contributed by atoms with E-state index in [0.717, 1.165) is 0 Å². The average molecular weight is 315 g/mol. The molecule has 0 radical (unpaired) electrons. The molecule has 0 heterocycles. The van der Waals surface area contributed by atoms with Gasteiger partial charge in [-0.2, -0.15) is 5.16 Å². The summed E-state index contributed by atoms with van der Waals surface area (Å²) in [6, 6.07) is 0. The minimum absolute atomic E-state index is 1.33. The average Bonchev–Trinajstić information content (AvgIpc) is 2.48. The zero-order chi connectivity index (χ0) is 16.4. The standard InChI is InChI=1S/C17H38N.CNS/c1-5-9-12-15-18(8-4,16-13-10-6-2)17-14-11-7-3;2-1-3/h5-17H2,1-4H3;/q+1;-1. The lowest BCUT2D eigenvalue weighted by Crippen LogP contribution is -2.50. The molecule has 0 N–H and O–H groups in total. The van der Waals surface area contributed by atoms with Gasteiger partial charge in [0, 0.05) is 0 Å². The van der Waals surface area contributed by atoms with Crippen LogP contribution in [0, 0.1) is 0 Å². The van der Waals surface area contributed by atoms with Crippen molar-refractivity contribution >= 4 is 17.4 Å². The second-order valence-corrected chi connectivity index (χ2v) is 6.22. The van der Waals surface area contributed by atoms with Crippen molar-refractivity contribution in [1.29, 1.82) is 0 Å². The SMILES string of the molecule is CCCCC[N+](CC)(CCCCC)CCCCC.[N-]=C=S. The maximum absolute atomic E-state index is 7.13. The molecular weight excluding hydrogens is 276 g/mol. The van der Waals surface area contributed by atoms with Gasteiger partial charge in [-0.3, -0.25) is 0 Å². The van der Waals surface area contributed by atoms with Gasteiger partial charge in [0.2, 0.25) is 0 Å². The van der Waals surface area contributed by atoms with Crippen molar-refractivity contribution in [2.24, 2.45) is 0 Å². The van der Waals surface area contributed by atoms with Crippen molar-refractivity contribution in [3.05, 3.63) is 5.41 Å². The van der Waals surface area contributed by atoms with Crippen molar-refractivity contribution < 1.29 is 4.48 Å². The third kappa shape index (κ3) is 14.5. The third-order valence-electron chi connectivity index (χ3n) is 4.38. The van der Waals surface area contributed by atoms with Gasteiger partial charge < -0.3 is 9.89 Å². The number of quaternary nitrogens is 1. The molecule has 0 spiro atoms. The van der Waals surface area contributed by atoms with Crippen molar-refractivity contribution in [3.63, 3.8) is 0 Å². The first-order chi connectivity index (χ1) is 10.2. The van der Waals surface area contributed by atoms with Crippen LogP contribution in [0.5, 0.6) is 0 Å². The van der Waals surface area contributed by atoms with E-state index in [-0.39, 0.29) is 0 Å². The van der Waals surface area contributed by atoms with Gasteiger partial charge in [-0.15, -0.1) is 0 Å². The maximum atomic E-state index is 7.13. The Balaban J connectivity index is 0. The summed E-state index contributed by atoms with van der Waals surface area (Å²) in [4.78, 5) is 0. The summed E-state index contributed by atoms with van der Waals surface area (Å²) < 4.78 is 1.40. The molecule has 0 atom stereocenters. The first-order valence-electron chi connectivity index (χ1n) is 9.02. The number of hydrogen-bond acceptors (Lipinski definition) is 1. The van der Waals surface area contributed by atoms with E-state index in [9.17, 15) is 0 Å². The molecule has 0 aliphatic heterocycles. The Morgan fingerprint density at radius 2 is 1.00 bits per heavy atom. The number of isothiocyanates is 1. The van der Waals surface area contributed by atoms with Gasteiger partial charge >= 0.3 is 0 Å². The second kappa shape index (κ2) is 17.8. The zero-order valence-corrected chi connectivity index (χ0v) is 15.8. The van der Waals surface area contributed by atoms with Gasteiger partial charge in [0.25, 0.3) is 0 Å². The van der Waals surface area contributed by atoms with E-state index in [4.69, 9.17) is 5.41 Å². The quantitative estimate of drug-likeness (QED) is 0.175. The summed E-state index contributed by atoms with van der Waals surface area (Å²) in [5, 5.41) is 8.47. The van der Waals surface area contributed by atoms with Gasteiger partial charge in [-0.25, -0.2) is 0 Å². The zero-order valence-electron chi connectivity index (χ0n) is 15.0. The fourth-order valence-corrected chi connectivity index (χ4v) is 2.90. The predicted molar refractivity (Wildman–Crippen MR) is 99.9 cm³/mol. The van der Waals surface area contributed by atoms with Crippen molar-refractivity contribution in [2.75, 3.05) is 26.2 Å². The third-order valence-corrected chi connectivity index (χ3v) is 4.38. The van der Waals surface area contributed by atoms with E-state index in [0.29, 0.717) is 0 Å². The lowest BCUT2D eigenvalue weighted by Gasteiger charge is -2.38. The summed E-state index contributed by atoms with van der Waals surface area (Å²) in [7, 11) is 0. The van der Waals surface area contributed by atoms with Gasteiger partial charge in [-0.1, -0.05) is 52.3 Å². The molecule has 0 fully saturated rings. The van der Waals surface area contributed by atoms with E-state index >= 15 is 0 Å². The molecule has 0 aromatic heterocycles. The smallest absolute Gasteiger partial charge is 0.0786 e. The van der Waals surface area contributed by atoms with Gasteiger partial charge in [0.05, 0.1) is 26.2 Å². The van der Waals surface area contributed by atoms with Gasteiger partial charge in [0.1, 0.15) is 0 Å². The molecule has 126 valence electrons. The lowest BCUT2D eigenvalue weighted by atomic mass is 10.1. The molecule has 0 unspecified atom stereocenters. The Hall–Kier alpha value is -0.240. The molecule has 0 saturated carbocycles. The number of unbranched alkanes of at least 4 members (excludes halogenated alkanes) is 6. The van der Waals surface area contributed by atoms with Crippen LogP contribution >= 0.6 is 12.2 Å². The van der Waals surface area contributed by atoms with Crippen molar-refractivity contribution in [3.8, 4) is 0 Å². The Bertz CT molecular complexity index is 209. The molecule has 0 amide bonds. The van der Waals surface area contributed by atoms with Crippen molar-refractivity contribution in [2.45, 2.75) is 85.5 Å². The van der Waals surface area contributed by atoms with Gasteiger partial charge in [0.15, 0.2) is 0 Å². The Morgan fingerprint density at radius 3 is 1.19 bits per heavy atom. The molecule has 0 rings (SSSR count). The molecular formula is C18H38N2S. The van der Waals surface area contributed by atoms with E-state index < -0.39 is 0 Å². The Morgan fingerprint density at radius 1 is 0.714 bits per heavy atom. The molecule has 0 bridgehead atoms. The predicted octanol–water partition coefficient (Wildman–Crippen LogP) is 6.05. The largest absolute Gasteiger partial charge is 0.753 e. The highest BCUT2D eigenvalue weighted by atomic mass is 32.1. The number of hydrogen-bond donors (Lipinski definition) is 0. The van der Waals surface area contributed by atoms with E-state index in [1.54, 1.807) is 0 Å². The highest BCUT2D eigenvalue weighted by molar-refractivity contribution is 7.78. The van der Waals surface area contributed by atoms with Crippen LogP contribution in [0.2, 0.25) is 0 Å². The number of thiocarbonyl (C=S) groups is 1. The summed E-state index contributed by atoms with van der Waals surface area (Å²) >= 11 is 3.70. The normalized spacial score (nSPS) is 10.7. The van der Waals surface area contributed by atoms with Crippen molar-refractivity contribution in [1.82, 2.24) is 0 Å². The first-order valence-corrected chi connectivity index (χ1v) is 9.43. The van der Waals surface area contributed by atoms with E-state index in [2.05, 4.69) is 39.9 Å². The monoisotopic (exact) mass is 314 g/mol. The molecule has 0 aliphatic rings. The Kier molecular flexibility index (Phi) is 19.5. The molecule has 0 aromatic carbocycles. The number of nitrogens with zero attached hydrogens (tertiary/aromatic N) is 2. The van der Waals surface area contributed by atoms with E-state index in [1.165, 1.54) is 93.6 Å². The second-order valence-electron chi connectivity index (χ2n) is 6.04. The van der Waals surface area contributed by atoms with Crippen LogP contribution in [0.1, 0.15) is 85.5 Å². The van der Waals surface area contributed by atoms with Crippen LogP contribution in [0.4, 0.5) is 0 Å². The fraction of sp³-hybridized carbons (Fsp3) is 0.944. The van der Waals surface area contributed by atoms with Crippen LogP contribution in [0.3, 0.4) is 0 Å². The minimum atomic E-state index is 1.33. The Labute approximate surface area is 139 Å². The van der Waals surface area contributed by atoms with Crippen LogP contribution in [0.25, 0.3) is 5.41 Å². The molecule has 21 heavy (non-hydrogen) atoms. The summed E-state index contributed by atoms with van der Waals surface area (Å²) in [6.45, 7) is 15.0. The molecule has 2 nitrogen and oxygen atoms in total. The topological polar surface area (TPSA) is 22.3 Å². The highest BCUT2D eigenvalue weighted by Gasteiger charge is 2.23. The summed E-state index contributed by atoms with van der Waals surface area (Å²) in [5.74, 6) is 0. The fourth-order valence-electron chi connectivity index (χ4n) is 2.90. The maximum Gasteiger partial charge on any atom is 0.0786 e. The molecule has 0 saturated heterocycles. The molecule has 0 aromatic rings. The first kappa shape index (κ1) is 23.0. The summed E-state index contributed by atoms with van der Waals surface area (Å²) in [6.07, 6.45) is 12.6. The minimum Gasteiger partial charge on any atom is -0.753 e. The van der Waals surface area contributed by atoms with Crippen LogP contribution in [-0.4, -0.2) is 35.8 Å². The lowest BCUT2D eigenvalue weighted by molar-refractivity contribution is -0.927. The number of rotatable bonds is 13. The molecule has 0 aliphatic carbocycles. The van der Waals surface area contributed by atoms with Crippen LogP contribution in [0.15, 0.2) is 0 Å². The molecule has 3 heteroatoms. The van der Waals surface area contributed by atoms with Crippen LogP contribution < -0.4 is 0 Å².